The number of hydrogen-bond acceptors (Lipinski definition) is 4. The van der Waals surface area contributed by atoms with Crippen LogP contribution in [0.2, 0.25) is 0 Å². The van der Waals surface area contributed by atoms with Crippen LogP contribution in [-0.2, 0) is 4.79 Å². The van der Waals surface area contributed by atoms with Crippen LogP contribution in [-0.4, -0.2) is 40.9 Å². The minimum absolute atomic E-state index is 0.144. The molecule has 2 aliphatic heterocycles. The van der Waals surface area contributed by atoms with Crippen molar-refractivity contribution in [3.05, 3.63) is 59.9 Å². The standard InChI is InChI=1S/C21H23N3O3/c1-24-12-10-21(9-8-19(24)25)13-17(16-6-2-3-7-18(16)27-21)23-20(26)15-5-4-11-22-14-15/h2-7,11,14,17H,8-10,12-13H2,1H3,(H,23,26)/t17-,21-/m0/s1. The molecule has 0 aliphatic carbocycles. The van der Waals surface area contributed by atoms with Gasteiger partial charge in [0.15, 0.2) is 0 Å². The smallest absolute Gasteiger partial charge is 0.253 e. The molecule has 1 aromatic heterocycles. The Morgan fingerprint density at radius 1 is 1.26 bits per heavy atom. The molecule has 0 radical (unpaired) electrons. The molecule has 3 heterocycles. The highest BCUT2D eigenvalue weighted by molar-refractivity contribution is 5.94. The van der Waals surface area contributed by atoms with E-state index in [1.54, 1.807) is 29.4 Å². The summed E-state index contributed by atoms with van der Waals surface area (Å²) in [7, 11) is 1.83. The summed E-state index contributed by atoms with van der Waals surface area (Å²) < 4.78 is 6.41. The molecule has 1 aromatic carbocycles. The maximum Gasteiger partial charge on any atom is 0.253 e. The molecule has 2 atom stereocenters. The number of aromatic nitrogens is 1. The number of ether oxygens (including phenoxy) is 1. The Morgan fingerprint density at radius 2 is 2.11 bits per heavy atom. The van der Waals surface area contributed by atoms with Gasteiger partial charge < -0.3 is 15.0 Å². The molecule has 2 aliphatic rings. The van der Waals surface area contributed by atoms with Crippen LogP contribution < -0.4 is 10.1 Å². The fourth-order valence-electron chi connectivity index (χ4n) is 3.94. The molecule has 0 bridgehead atoms. The van der Waals surface area contributed by atoms with Crippen LogP contribution in [0.25, 0.3) is 0 Å². The predicted octanol–water partition coefficient (Wildman–Crippen LogP) is 2.72. The van der Waals surface area contributed by atoms with Gasteiger partial charge in [0.25, 0.3) is 5.91 Å². The third-order valence-corrected chi connectivity index (χ3v) is 5.55. The van der Waals surface area contributed by atoms with E-state index in [1.165, 1.54) is 0 Å². The van der Waals surface area contributed by atoms with Crippen LogP contribution >= 0.6 is 0 Å². The minimum Gasteiger partial charge on any atom is -0.487 e. The number of amides is 2. The summed E-state index contributed by atoms with van der Waals surface area (Å²) >= 11 is 0. The highest BCUT2D eigenvalue weighted by Crippen LogP contribution is 2.44. The van der Waals surface area contributed by atoms with E-state index in [1.807, 2.05) is 31.3 Å². The average molecular weight is 365 g/mol. The molecule has 1 spiro atoms. The number of nitrogens with one attached hydrogen (secondary N) is 1. The number of para-hydroxylation sites is 1. The van der Waals surface area contributed by atoms with Gasteiger partial charge in [0.2, 0.25) is 5.91 Å². The molecule has 140 valence electrons. The molecular weight excluding hydrogens is 342 g/mol. The van der Waals surface area contributed by atoms with Crippen molar-refractivity contribution in [3.8, 4) is 5.75 Å². The lowest BCUT2D eigenvalue weighted by molar-refractivity contribution is -0.129. The van der Waals surface area contributed by atoms with Crippen LogP contribution in [0, 0.1) is 0 Å². The van der Waals surface area contributed by atoms with E-state index in [-0.39, 0.29) is 17.9 Å². The van der Waals surface area contributed by atoms with Crippen molar-refractivity contribution in [2.75, 3.05) is 13.6 Å². The third-order valence-electron chi connectivity index (χ3n) is 5.55. The van der Waals surface area contributed by atoms with Crippen LogP contribution in [0.3, 0.4) is 0 Å². The Kier molecular flexibility index (Phi) is 4.56. The zero-order valence-electron chi connectivity index (χ0n) is 15.4. The van der Waals surface area contributed by atoms with E-state index in [2.05, 4.69) is 10.3 Å². The second kappa shape index (κ2) is 7.02. The summed E-state index contributed by atoms with van der Waals surface area (Å²) in [5, 5.41) is 3.15. The van der Waals surface area contributed by atoms with E-state index >= 15 is 0 Å². The number of rotatable bonds is 2. The Hall–Kier alpha value is -2.89. The normalized spacial score (nSPS) is 24.7. The number of likely N-dealkylation sites (tertiary alicyclic amines) is 1. The molecule has 0 unspecified atom stereocenters. The maximum atomic E-state index is 12.7. The van der Waals surface area contributed by atoms with E-state index < -0.39 is 5.60 Å². The molecule has 1 saturated heterocycles. The van der Waals surface area contributed by atoms with E-state index in [0.717, 1.165) is 17.7 Å². The van der Waals surface area contributed by atoms with Gasteiger partial charge in [-0.15, -0.1) is 0 Å². The fourth-order valence-corrected chi connectivity index (χ4v) is 3.94. The van der Waals surface area contributed by atoms with Crippen molar-refractivity contribution in [2.45, 2.75) is 37.3 Å². The Balaban J connectivity index is 1.62. The second-order valence-electron chi connectivity index (χ2n) is 7.36. The number of carbonyl (C=O) groups is 2. The van der Waals surface area contributed by atoms with Crippen molar-refractivity contribution in [3.63, 3.8) is 0 Å². The average Bonchev–Trinajstić information content (AvgIpc) is 2.83. The summed E-state index contributed by atoms with van der Waals surface area (Å²) in [5.74, 6) is 0.782. The lowest BCUT2D eigenvalue weighted by Crippen LogP contribution is -2.45. The van der Waals surface area contributed by atoms with Gasteiger partial charge in [0, 0.05) is 50.8 Å². The molecule has 6 nitrogen and oxygen atoms in total. The van der Waals surface area contributed by atoms with Gasteiger partial charge in [0.1, 0.15) is 11.4 Å². The van der Waals surface area contributed by atoms with Gasteiger partial charge >= 0.3 is 0 Å². The number of carbonyl (C=O) groups excluding carboxylic acids is 2. The summed E-state index contributed by atoms with van der Waals surface area (Å²) in [6, 6.07) is 11.2. The van der Waals surface area contributed by atoms with Crippen LogP contribution in [0.5, 0.6) is 5.75 Å². The first kappa shape index (κ1) is 17.5. The zero-order chi connectivity index (χ0) is 18.9. The third kappa shape index (κ3) is 3.52. The topological polar surface area (TPSA) is 71.5 Å². The number of pyridine rings is 1. The number of benzene rings is 1. The first-order valence-corrected chi connectivity index (χ1v) is 9.29. The fraction of sp³-hybridized carbons (Fsp3) is 0.381. The first-order valence-electron chi connectivity index (χ1n) is 9.29. The molecule has 1 N–H and O–H groups in total. The SMILES string of the molecule is CN1CC[C@@]2(CCC1=O)C[C@H](NC(=O)c1cccnc1)c1ccccc1O2. The van der Waals surface area contributed by atoms with Crippen LogP contribution in [0.15, 0.2) is 48.8 Å². The Labute approximate surface area is 158 Å². The molecule has 1 fully saturated rings. The summed E-state index contributed by atoms with van der Waals surface area (Å²) in [6.45, 7) is 0.657. The zero-order valence-corrected chi connectivity index (χ0v) is 15.4. The molecule has 27 heavy (non-hydrogen) atoms. The molecular formula is C21H23N3O3. The summed E-state index contributed by atoms with van der Waals surface area (Å²) in [6.07, 6.45) is 5.73. The van der Waals surface area contributed by atoms with Crippen LogP contribution in [0.4, 0.5) is 0 Å². The van der Waals surface area contributed by atoms with Gasteiger partial charge in [-0.3, -0.25) is 14.6 Å². The molecule has 6 heteroatoms. The van der Waals surface area contributed by atoms with Gasteiger partial charge in [0.05, 0.1) is 11.6 Å². The van der Waals surface area contributed by atoms with Crippen molar-refractivity contribution in [1.82, 2.24) is 15.2 Å². The van der Waals surface area contributed by atoms with Crippen molar-refractivity contribution in [1.29, 1.82) is 0 Å². The molecule has 4 rings (SSSR count). The Bertz CT molecular complexity index is 855. The molecule has 0 saturated carbocycles. The minimum atomic E-state index is -0.443. The molecule has 2 aromatic rings. The monoisotopic (exact) mass is 365 g/mol. The first-order chi connectivity index (χ1) is 13.1. The van der Waals surface area contributed by atoms with Gasteiger partial charge in [-0.1, -0.05) is 18.2 Å². The lowest BCUT2D eigenvalue weighted by Gasteiger charge is -2.42. The van der Waals surface area contributed by atoms with E-state index in [9.17, 15) is 9.59 Å². The van der Waals surface area contributed by atoms with Crippen molar-refractivity contribution >= 4 is 11.8 Å². The number of nitrogens with zero attached hydrogens (tertiary/aromatic N) is 2. The highest BCUT2D eigenvalue weighted by atomic mass is 16.5. The molecule has 2 amide bonds. The van der Waals surface area contributed by atoms with Gasteiger partial charge in [-0.2, -0.15) is 0 Å². The van der Waals surface area contributed by atoms with Crippen LogP contribution in [0.1, 0.15) is 47.6 Å². The lowest BCUT2D eigenvalue weighted by atomic mass is 9.82. The van der Waals surface area contributed by atoms with Crippen molar-refractivity contribution < 1.29 is 14.3 Å². The van der Waals surface area contributed by atoms with E-state index in [4.69, 9.17) is 4.74 Å². The van der Waals surface area contributed by atoms with E-state index in [0.29, 0.717) is 31.4 Å². The second-order valence-corrected chi connectivity index (χ2v) is 7.36. The number of fused-ring (bicyclic) bond motifs is 1. The summed E-state index contributed by atoms with van der Waals surface area (Å²) in [5.41, 5.74) is 1.07. The quantitative estimate of drug-likeness (QED) is 0.888. The maximum absolute atomic E-state index is 12.7. The highest BCUT2D eigenvalue weighted by Gasteiger charge is 2.43. The number of hydrogen-bond donors (Lipinski definition) is 1. The largest absolute Gasteiger partial charge is 0.487 e. The van der Waals surface area contributed by atoms with Crippen molar-refractivity contribution in [2.24, 2.45) is 0 Å². The summed E-state index contributed by atoms with van der Waals surface area (Å²) in [4.78, 5) is 30.6. The van der Waals surface area contributed by atoms with Gasteiger partial charge in [-0.05, 0) is 24.6 Å². The predicted molar refractivity (Wildman–Crippen MR) is 100 cm³/mol. The Morgan fingerprint density at radius 3 is 2.93 bits per heavy atom. The van der Waals surface area contributed by atoms with Gasteiger partial charge in [-0.25, -0.2) is 0 Å².